The van der Waals surface area contributed by atoms with Crippen molar-refractivity contribution in [2.45, 2.75) is 52.0 Å². The number of carbonyl (C=O) groups is 1. The van der Waals surface area contributed by atoms with E-state index in [1.807, 2.05) is 24.8 Å². The minimum atomic E-state index is 0.0272. The smallest absolute Gasteiger partial charge is 0.255 e. The lowest BCUT2D eigenvalue weighted by Gasteiger charge is -2.33. The molecular formula is C22H29ClN6O. The second-order valence-electron chi connectivity index (χ2n) is 8.23. The Morgan fingerprint density at radius 2 is 1.80 bits per heavy atom. The van der Waals surface area contributed by atoms with Gasteiger partial charge in [-0.15, -0.1) is 0 Å². The van der Waals surface area contributed by atoms with Crippen molar-refractivity contribution >= 4 is 29.1 Å². The molecule has 0 aromatic carbocycles. The van der Waals surface area contributed by atoms with Crippen molar-refractivity contribution in [1.29, 1.82) is 0 Å². The van der Waals surface area contributed by atoms with Crippen LogP contribution in [0.25, 0.3) is 0 Å². The summed E-state index contributed by atoms with van der Waals surface area (Å²) >= 11 is 6.47. The summed E-state index contributed by atoms with van der Waals surface area (Å²) in [5.74, 6) is 2.48. The standard InChI is InChI=1S/C22H29ClN6O/c1-15-12-20(26-16(2)25-15)28-10-6-18(7-11-28)27-21-19(23)13-17(14-24-21)22(30)29-8-4-3-5-9-29/h12-14,18H,3-11H2,1-2H3,(H,24,27). The van der Waals surface area contributed by atoms with E-state index in [-0.39, 0.29) is 5.91 Å². The topological polar surface area (TPSA) is 74.2 Å². The molecule has 2 aromatic heterocycles. The number of hydrogen-bond acceptors (Lipinski definition) is 6. The van der Waals surface area contributed by atoms with Crippen molar-refractivity contribution in [2.24, 2.45) is 0 Å². The molecule has 30 heavy (non-hydrogen) atoms. The molecule has 4 rings (SSSR count). The first-order valence-electron chi connectivity index (χ1n) is 10.8. The van der Waals surface area contributed by atoms with Crippen LogP contribution in [0.5, 0.6) is 0 Å². The fourth-order valence-electron chi connectivity index (χ4n) is 4.25. The number of likely N-dealkylation sites (tertiary alicyclic amines) is 1. The summed E-state index contributed by atoms with van der Waals surface area (Å²) in [4.78, 5) is 30.3. The zero-order valence-electron chi connectivity index (χ0n) is 17.7. The molecule has 160 valence electrons. The Labute approximate surface area is 182 Å². The molecule has 1 amide bonds. The van der Waals surface area contributed by atoms with E-state index in [1.165, 1.54) is 6.42 Å². The molecule has 2 aromatic rings. The summed E-state index contributed by atoms with van der Waals surface area (Å²) in [6, 6.07) is 4.08. The highest BCUT2D eigenvalue weighted by Gasteiger charge is 2.23. The number of aromatic nitrogens is 3. The number of piperidine rings is 2. The highest BCUT2D eigenvalue weighted by atomic mass is 35.5. The molecule has 0 unspecified atom stereocenters. The molecule has 8 heteroatoms. The molecule has 0 aliphatic carbocycles. The Morgan fingerprint density at radius 3 is 2.47 bits per heavy atom. The minimum absolute atomic E-state index is 0.0272. The summed E-state index contributed by atoms with van der Waals surface area (Å²) in [5.41, 5.74) is 1.56. The Bertz CT molecular complexity index is 886. The van der Waals surface area contributed by atoms with Crippen molar-refractivity contribution in [3.63, 3.8) is 0 Å². The number of pyridine rings is 1. The SMILES string of the molecule is Cc1cc(N2CCC(Nc3ncc(C(=O)N4CCCCC4)cc3Cl)CC2)nc(C)n1. The van der Waals surface area contributed by atoms with Crippen LogP contribution in [-0.4, -0.2) is 58.0 Å². The van der Waals surface area contributed by atoms with Gasteiger partial charge >= 0.3 is 0 Å². The maximum absolute atomic E-state index is 12.7. The predicted molar refractivity (Wildman–Crippen MR) is 119 cm³/mol. The molecule has 7 nitrogen and oxygen atoms in total. The maximum atomic E-state index is 12.7. The minimum Gasteiger partial charge on any atom is -0.366 e. The number of aryl methyl sites for hydroxylation is 2. The highest BCUT2D eigenvalue weighted by Crippen LogP contribution is 2.26. The van der Waals surface area contributed by atoms with Gasteiger partial charge in [0, 0.05) is 50.2 Å². The molecule has 2 aliphatic heterocycles. The van der Waals surface area contributed by atoms with Gasteiger partial charge in [-0.1, -0.05) is 11.6 Å². The highest BCUT2D eigenvalue weighted by molar-refractivity contribution is 6.33. The molecule has 0 saturated carbocycles. The number of nitrogens with zero attached hydrogens (tertiary/aromatic N) is 5. The molecular weight excluding hydrogens is 400 g/mol. The number of rotatable bonds is 4. The second-order valence-corrected chi connectivity index (χ2v) is 8.63. The summed E-state index contributed by atoms with van der Waals surface area (Å²) in [6.45, 7) is 7.40. The average Bonchev–Trinajstić information content (AvgIpc) is 2.75. The van der Waals surface area contributed by atoms with E-state index in [0.29, 0.717) is 22.4 Å². The molecule has 0 spiro atoms. The number of amides is 1. The lowest BCUT2D eigenvalue weighted by atomic mass is 10.0. The lowest BCUT2D eigenvalue weighted by molar-refractivity contribution is 0.0724. The summed E-state index contributed by atoms with van der Waals surface area (Å²) in [5, 5.41) is 3.96. The Morgan fingerprint density at radius 1 is 1.07 bits per heavy atom. The number of halogens is 1. The van der Waals surface area contributed by atoms with Crippen molar-refractivity contribution in [2.75, 3.05) is 36.4 Å². The van der Waals surface area contributed by atoms with Gasteiger partial charge in [-0.25, -0.2) is 15.0 Å². The molecule has 0 bridgehead atoms. The van der Waals surface area contributed by atoms with E-state index in [1.54, 1.807) is 12.3 Å². The van der Waals surface area contributed by atoms with Gasteiger partial charge in [0.15, 0.2) is 0 Å². The van der Waals surface area contributed by atoms with Crippen LogP contribution in [0.2, 0.25) is 5.02 Å². The molecule has 1 N–H and O–H groups in total. The molecule has 4 heterocycles. The molecule has 2 aliphatic rings. The third-order valence-electron chi connectivity index (χ3n) is 5.84. The summed E-state index contributed by atoms with van der Waals surface area (Å²) < 4.78 is 0. The van der Waals surface area contributed by atoms with Crippen molar-refractivity contribution in [3.05, 3.63) is 40.4 Å². The molecule has 0 atom stereocenters. The second kappa shape index (κ2) is 9.16. The zero-order chi connectivity index (χ0) is 21.1. The maximum Gasteiger partial charge on any atom is 0.255 e. The van der Waals surface area contributed by atoms with Crippen molar-refractivity contribution in [3.8, 4) is 0 Å². The van der Waals surface area contributed by atoms with Crippen LogP contribution in [-0.2, 0) is 0 Å². The zero-order valence-corrected chi connectivity index (χ0v) is 18.5. The Balaban J connectivity index is 1.35. The molecule has 2 saturated heterocycles. The van der Waals surface area contributed by atoms with Gasteiger partial charge in [-0.2, -0.15) is 0 Å². The predicted octanol–water partition coefficient (Wildman–Crippen LogP) is 3.85. The van der Waals surface area contributed by atoms with E-state index >= 15 is 0 Å². The van der Waals surface area contributed by atoms with Gasteiger partial charge in [0.05, 0.1) is 10.6 Å². The van der Waals surface area contributed by atoms with Crippen LogP contribution >= 0.6 is 11.6 Å². The largest absolute Gasteiger partial charge is 0.366 e. The lowest BCUT2D eigenvalue weighted by Crippen LogP contribution is -2.40. The fraction of sp³-hybridized carbons (Fsp3) is 0.545. The van der Waals surface area contributed by atoms with Crippen molar-refractivity contribution in [1.82, 2.24) is 19.9 Å². The van der Waals surface area contributed by atoms with Crippen LogP contribution in [0.4, 0.5) is 11.6 Å². The van der Waals surface area contributed by atoms with Gasteiger partial charge in [0.1, 0.15) is 17.5 Å². The first-order valence-corrected chi connectivity index (χ1v) is 11.2. The first kappa shape index (κ1) is 20.8. The molecule has 0 radical (unpaired) electrons. The van der Waals surface area contributed by atoms with Crippen molar-refractivity contribution < 1.29 is 4.79 Å². The van der Waals surface area contributed by atoms with Crippen LogP contribution in [0.3, 0.4) is 0 Å². The summed E-state index contributed by atoms with van der Waals surface area (Å²) in [7, 11) is 0. The van der Waals surface area contributed by atoms with Gasteiger partial charge in [0.2, 0.25) is 0 Å². The van der Waals surface area contributed by atoms with E-state index in [0.717, 1.165) is 69.2 Å². The first-order chi connectivity index (χ1) is 14.5. The average molecular weight is 429 g/mol. The fourth-order valence-corrected chi connectivity index (χ4v) is 4.47. The number of anilines is 2. The molecule has 2 fully saturated rings. The quantitative estimate of drug-likeness (QED) is 0.797. The summed E-state index contributed by atoms with van der Waals surface area (Å²) in [6.07, 6.45) is 6.91. The van der Waals surface area contributed by atoms with Crippen LogP contribution < -0.4 is 10.2 Å². The third kappa shape index (κ3) is 4.83. The number of carbonyl (C=O) groups excluding carboxylic acids is 1. The monoisotopic (exact) mass is 428 g/mol. The number of hydrogen-bond donors (Lipinski definition) is 1. The van der Waals surface area contributed by atoms with E-state index < -0.39 is 0 Å². The third-order valence-corrected chi connectivity index (χ3v) is 6.13. The van der Waals surface area contributed by atoms with Gasteiger partial charge in [-0.3, -0.25) is 4.79 Å². The van der Waals surface area contributed by atoms with Crippen LogP contribution in [0, 0.1) is 13.8 Å². The van der Waals surface area contributed by atoms with Crippen LogP contribution in [0.1, 0.15) is 54.0 Å². The van der Waals surface area contributed by atoms with Gasteiger partial charge in [0.25, 0.3) is 5.91 Å². The van der Waals surface area contributed by atoms with Gasteiger partial charge < -0.3 is 15.1 Å². The van der Waals surface area contributed by atoms with Crippen LogP contribution in [0.15, 0.2) is 18.3 Å². The van der Waals surface area contributed by atoms with Gasteiger partial charge in [-0.05, 0) is 52.0 Å². The van der Waals surface area contributed by atoms with E-state index in [9.17, 15) is 4.79 Å². The van der Waals surface area contributed by atoms with E-state index in [4.69, 9.17) is 11.6 Å². The Hall–Kier alpha value is -2.41. The number of nitrogens with one attached hydrogen (secondary N) is 1. The van der Waals surface area contributed by atoms with E-state index in [2.05, 4.69) is 25.2 Å². The normalized spacial score (nSPS) is 17.8. The Kier molecular flexibility index (Phi) is 6.37.